The van der Waals surface area contributed by atoms with E-state index < -0.39 is 0 Å². The summed E-state index contributed by atoms with van der Waals surface area (Å²) < 4.78 is 0. The number of carbonyl (C=O) groups is 1. The highest BCUT2D eigenvalue weighted by Crippen LogP contribution is 2.31. The van der Waals surface area contributed by atoms with Gasteiger partial charge in [-0.2, -0.15) is 5.10 Å². The molecule has 0 spiro atoms. The Balaban J connectivity index is 1.40. The molecule has 0 unspecified atom stereocenters. The van der Waals surface area contributed by atoms with Gasteiger partial charge in [-0.3, -0.25) is 10.2 Å². The van der Waals surface area contributed by atoms with Gasteiger partial charge in [0.15, 0.2) is 5.82 Å². The van der Waals surface area contributed by atoms with E-state index in [0.29, 0.717) is 23.7 Å². The molecule has 188 valence electrons. The number of carbonyl (C=O) groups excluding carboxylic acids is 1. The number of nitrogens with zero attached hydrogens (tertiary/aromatic N) is 3. The minimum absolute atomic E-state index is 0.0970. The molecule has 3 heterocycles. The second-order valence-electron chi connectivity index (χ2n) is 8.99. The van der Waals surface area contributed by atoms with E-state index in [4.69, 9.17) is 5.11 Å². The molecule has 8 nitrogen and oxygen atoms in total. The third-order valence-corrected chi connectivity index (χ3v) is 7.17. The van der Waals surface area contributed by atoms with Crippen LogP contribution in [0.4, 0.5) is 5.82 Å². The predicted molar refractivity (Wildman–Crippen MR) is 150 cm³/mol. The van der Waals surface area contributed by atoms with E-state index in [1.165, 1.54) is 6.33 Å². The second kappa shape index (κ2) is 10.9. The molecule has 0 aliphatic carbocycles. The van der Waals surface area contributed by atoms with Crippen LogP contribution in [0.15, 0.2) is 66.0 Å². The fourth-order valence-electron chi connectivity index (χ4n) is 4.37. The number of hydrogen-bond donors (Lipinski definition) is 4. The zero-order chi connectivity index (χ0) is 25.8. The van der Waals surface area contributed by atoms with E-state index in [1.807, 2.05) is 42.6 Å². The lowest BCUT2D eigenvalue weighted by molar-refractivity contribution is 0.0944. The molecule has 0 aliphatic rings. The molecule has 3 aromatic heterocycles. The summed E-state index contributed by atoms with van der Waals surface area (Å²) in [5, 5.41) is 18.3. The smallest absolute Gasteiger partial charge is 0.251 e. The average Bonchev–Trinajstić information content (AvgIpc) is 3.49. The number of thiophene rings is 1. The Labute approximate surface area is 218 Å². The lowest BCUT2D eigenvalue weighted by Crippen LogP contribution is -2.27. The van der Waals surface area contributed by atoms with Crippen molar-refractivity contribution < 1.29 is 9.90 Å². The summed E-state index contributed by atoms with van der Waals surface area (Å²) in [5.74, 6) is 0.761. The molecule has 0 fully saturated rings. The first-order chi connectivity index (χ1) is 18.0. The summed E-state index contributed by atoms with van der Waals surface area (Å²) in [5.41, 5.74) is 7.90. The summed E-state index contributed by atoms with van der Waals surface area (Å²) in [6.45, 7) is 4.44. The summed E-state index contributed by atoms with van der Waals surface area (Å²) in [6, 6.07) is 17.8. The number of H-pyrrole nitrogens is 1. The maximum absolute atomic E-state index is 12.5. The summed E-state index contributed by atoms with van der Waals surface area (Å²) in [4.78, 5) is 26.8. The first-order valence-electron chi connectivity index (χ1n) is 12.1. The highest BCUT2D eigenvalue weighted by atomic mass is 32.1. The van der Waals surface area contributed by atoms with Crippen molar-refractivity contribution in [2.45, 2.75) is 26.2 Å². The average molecular weight is 513 g/mol. The molecule has 5 aromatic rings. The van der Waals surface area contributed by atoms with Crippen LogP contribution >= 0.6 is 11.3 Å². The van der Waals surface area contributed by atoms with E-state index in [-0.39, 0.29) is 19.1 Å². The Morgan fingerprint density at radius 3 is 2.78 bits per heavy atom. The fourth-order valence-corrected chi connectivity index (χ4v) is 5.39. The normalized spacial score (nSPS) is 11.7. The van der Waals surface area contributed by atoms with Crippen molar-refractivity contribution in [2.24, 2.45) is 5.10 Å². The Kier molecular flexibility index (Phi) is 7.25. The molecule has 0 aliphatic heterocycles. The number of fused-ring (bicyclic) bond motifs is 2. The van der Waals surface area contributed by atoms with Crippen molar-refractivity contribution in [2.75, 3.05) is 18.6 Å². The second-order valence-corrected chi connectivity index (χ2v) is 10.1. The van der Waals surface area contributed by atoms with Gasteiger partial charge in [0.1, 0.15) is 11.2 Å². The van der Waals surface area contributed by atoms with Crippen LogP contribution in [0.3, 0.4) is 0 Å². The summed E-state index contributed by atoms with van der Waals surface area (Å²) in [6.07, 6.45) is 3.96. The van der Waals surface area contributed by atoms with Crippen LogP contribution in [0.1, 0.15) is 51.8 Å². The summed E-state index contributed by atoms with van der Waals surface area (Å²) in [7, 11) is 0. The molecule has 9 heteroatoms. The van der Waals surface area contributed by atoms with Crippen LogP contribution in [0.5, 0.6) is 0 Å². The summed E-state index contributed by atoms with van der Waals surface area (Å²) >= 11 is 1.56. The molecule has 0 bridgehead atoms. The molecule has 0 radical (unpaired) electrons. The van der Waals surface area contributed by atoms with Crippen LogP contribution in [0, 0.1) is 0 Å². The Morgan fingerprint density at radius 1 is 1.14 bits per heavy atom. The standard InChI is InChI=1S/C28H28N6O2S/c1-17(2)25-23(21-9-5-6-10-24(21)33-25)15-32-34-26-22-14-19(37-28(22)31-16-30-26)13-18-7-3-4-8-20(18)27(36)29-11-12-35/h3-10,14-17,33,35H,11-13H2,1-2H3,(H,29,36)(H,30,31,34). The maximum Gasteiger partial charge on any atom is 0.251 e. The van der Waals surface area contributed by atoms with E-state index in [1.54, 1.807) is 17.4 Å². The van der Waals surface area contributed by atoms with Crippen molar-refractivity contribution in [1.29, 1.82) is 0 Å². The fraction of sp³-hybridized carbons (Fsp3) is 0.214. The quantitative estimate of drug-likeness (QED) is 0.163. The molecule has 0 saturated heterocycles. The van der Waals surface area contributed by atoms with E-state index >= 15 is 0 Å². The predicted octanol–water partition coefficient (Wildman–Crippen LogP) is 5.05. The SMILES string of the molecule is CC(C)c1[nH]c2ccccc2c1C=NNc1ncnc2sc(Cc3ccccc3C(=O)NCCO)cc12. The van der Waals surface area contributed by atoms with Gasteiger partial charge in [0.2, 0.25) is 0 Å². The van der Waals surface area contributed by atoms with Crippen LogP contribution in [-0.4, -0.2) is 45.3 Å². The molecule has 0 atom stereocenters. The largest absolute Gasteiger partial charge is 0.395 e. The number of para-hydroxylation sites is 1. The van der Waals surface area contributed by atoms with Gasteiger partial charge in [-0.25, -0.2) is 9.97 Å². The number of nitrogens with one attached hydrogen (secondary N) is 3. The van der Waals surface area contributed by atoms with Crippen molar-refractivity contribution in [1.82, 2.24) is 20.3 Å². The zero-order valence-electron chi connectivity index (χ0n) is 20.7. The van der Waals surface area contributed by atoms with Gasteiger partial charge < -0.3 is 15.4 Å². The molecule has 1 amide bonds. The number of aliphatic hydroxyl groups is 1. The molecule has 2 aromatic carbocycles. The zero-order valence-corrected chi connectivity index (χ0v) is 21.5. The van der Waals surface area contributed by atoms with Crippen LogP contribution in [0.2, 0.25) is 0 Å². The molecule has 4 N–H and O–H groups in total. The highest BCUT2D eigenvalue weighted by Gasteiger charge is 2.15. The van der Waals surface area contributed by atoms with Gasteiger partial charge in [-0.15, -0.1) is 11.3 Å². The Bertz CT molecular complexity index is 1590. The van der Waals surface area contributed by atoms with Gasteiger partial charge >= 0.3 is 0 Å². The third-order valence-electron chi connectivity index (χ3n) is 6.12. The van der Waals surface area contributed by atoms with Gasteiger partial charge in [0.25, 0.3) is 5.91 Å². The molecular formula is C28H28N6O2S. The van der Waals surface area contributed by atoms with Gasteiger partial charge in [-0.05, 0) is 29.7 Å². The number of hydrazone groups is 1. The number of hydrogen-bond acceptors (Lipinski definition) is 7. The minimum Gasteiger partial charge on any atom is -0.395 e. The van der Waals surface area contributed by atoms with Crippen molar-refractivity contribution in [3.63, 3.8) is 0 Å². The third kappa shape index (κ3) is 5.23. The number of benzene rings is 2. The highest BCUT2D eigenvalue weighted by molar-refractivity contribution is 7.18. The first kappa shape index (κ1) is 24.6. The monoisotopic (exact) mass is 512 g/mol. The van der Waals surface area contributed by atoms with Crippen molar-refractivity contribution in [3.05, 3.63) is 88.2 Å². The van der Waals surface area contributed by atoms with Gasteiger partial charge in [-0.1, -0.05) is 50.2 Å². The molecule has 37 heavy (non-hydrogen) atoms. The van der Waals surface area contributed by atoms with Crippen LogP contribution < -0.4 is 10.7 Å². The Morgan fingerprint density at radius 2 is 1.95 bits per heavy atom. The van der Waals surface area contributed by atoms with E-state index in [9.17, 15) is 4.79 Å². The number of anilines is 1. The van der Waals surface area contributed by atoms with E-state index in [0.717, 1.165) is 42.8 Å². The number of amides is 1. The number of aliphatic hydroxyl groups excluding tert-OH is 1. The van der Waals surface area contributed by atoms with Gasteiger partial charge in [0, 0.05) is 45.6 Å². The minimum atomic E-state index is -0.194. The number of aromatic nitrogens is 3. The van der Waals surface area contributed by atoms with Crippen molar-refractivity contribution >= 4 is 50.4 Å². The topological polar surface area (TPSA) is 115 Å². The first-order valence-corrected chi connectivity index (χ1v) is 13.0. The lowest BCUT2D eigenvalue weighted by Gasteiger charge is -2.08. The van der Waals surface area contributed by atoms with Crippen LogP contribution in [-0.2, 0) is 6.42 Å². The van der Waals surface area contributed by atoms with Gasteiger partial charge in [0.05, 0.1) is 18.2 Å². The molecule has 5 rings (SSSR count). The maximum atomic E-state index is 12.5. The number of rotatable bonds is 9. The lowest BCUT2D eigenvalue weighted by atomic mass is 10.0. The molecular weight excluding hydrogens is 484 g/mol. The Hall–Kier alpha value is -4.08. The number of aromatic amines is 1. The molecule has 0 saturated carbocycles. The van der Waals surface area contributed by atoms with E-state index in [2.05, 4.69) is 56.8 Å². The van der Waals surface area contributed by atoms with Crippen LogP contribution in [0.25, 0.3) is 21.1 Å². The van der Waals surface area contributed by atoms with Crippen molar-refractivity contribution in [3.8, 4) is 0 Å².